The van der Waals surface area contributed by atoms with Crippen LogP contribution in [0.5, 0.6) is 0 Å². The maximum absolute atomic E-state index is 12.5. The fraction of sp³-hybridized carbons (Fsp3) is 0.0952. The van der Waals surface area contributed by atoms with Gasteiger partial charge in [0.1, 0.15) is 0 Å². The largest absolute Gasteiger partial charge is 0.348 e. The number of amides is 1. The van der Waals surface area contributed by atoms with Crippen LogP contribution in [-0.4, -0.2) is 25.2 Å². The molecule has 6 heteroatoms. The van der Waals surface area contributed by atoms with Gasteiger partial charge in [0.2, 0.25) is 0 Å². The maximum Gasteiger partial charge on any atom is 0.251 e. The Morgan fingerprint density at radius 1 is 0.926 bits per heavy atom. The zero-order valence-electron chi connectivity index (χ0n) is 14.7. The van der Waals surface area contributed by atoms with Crippen LogP contribution in [0.2, 0.25) is 0 Å². The zero-order valence-corrected chi connectivity index (χ0v) is 14.7. The highest BCUT2D eigenvalue weighted by Crippen LogP contribution is 2.12. The van der Waals surface area contributed by atoms with Gasteiger partial charge in [-0.2, -0.15) is 5.10 Å². The number of nitrogens with one attached hydrogen (secondary N) is 1. The van der Waals surface area contributed by atoms with E-state index in [0.29, 0.717) is 18.7 Å². The summed E-state index contributed by atoms with van der Waals surface area (Å²) in [6, 6.07) is 17.4. The maximum atomic E-state index is 12.5. The number of carbonyl (C=O) groups is 1. The summed E-state index contributed by atoms with van der Waals surface area (Å²) in [7, 11) is 0. The summed E-state index contributed by atoms with van der Waals surface area (Å²) in [5.74, 6) is -0.0962. The van der Waals surface area contributed by atoms with Gasteiger partial charge in [0.15, 0.2) is 0 Å². The predicted molar refractivity (Wildman–Crippen MR) is 103 cm³/mol. The minimum Gasteiger partial charge on any atom is -0.348 e. The lowest BCUT2D eigenvalue weighted by atomic mass is 10.1. The van der Waals surface area contributed by atoms with E-state index in [-0.39, 0.29) is 5.91 Å². The molecule has 134 valence electrons. The second-order valence-electron chi connectivity index (χ2n) is 6.17. The molecule has 1 N–H and O–H groups in total. The highest BCUT2D eigenvalue weighted by molar-refractivity contribution is 5.94. The van der Waals surface area contributed by atoms with Crippen molar-refractivity contribution in [2.45, 2.75) is 13.1 Å². The number of carbonyl (C=O) groups excluding carboxylic acids is 1. The number of imidazole rings is 1. The van der Waals surface area contributed by atoms with Crippen molar-refractivity contribution in [3.63, 3.8) is 0 Å². The van der Waals surface area contributed by atoms with Crippen LogP contribution in [0.3, 0.4) is 0 Å². The number of hydrogen-bond acceptors (Lipinski definition) is 3. The minimum atomic E-state index is -0.0962. The third kappa shape index (κ3) is 3.95. The lowest BCUT2D eigenvalue weighted by Gasteiger charge is -2.11. The average molecular weight is 357 g/mol. The van der Waals surface area contributed by atoms with Crippen LogP contribution in [0, 0.1) is 0 Å². The molecule has 0 saturated carbocycles. The van der Waals surface area contributed by atoms with E-state index < -0.39 is 0 Å². The molecule has 0 atom stereocenters. The molecule has 2 aromatic heterocycles. The molecule has 0 bridgehead atoms. The lowest BCUT2D eigenvalue weighted by molar-refractivity contribution is 0.0951. The number of hydrogen-bond donors (Lipinski definition) is 1. The molecule has 0 saturated heterocycles. The average Bonchev–Trinajstić information content (AvgIpc) is 3.41. The van der Waals surface area contributed by atoms with E-state index >= 15 is 0 Å². The van der Waals surface area contributed by atoms with E-state index in [0.717, 1.165) is 16.8 Å². The highest BCUT2D eigenvalue weighted by Gasteiger charge is 2.08. The molecule has 0 aliphatic heterocycles. The third-order valence-corrected chi connectivity index (χ3v) is 4.38. The monoisotopic (exact) mass is 357 g/mol. The van der Waals surface area contributed by atoms with Gasteiger partial charge in [-0.05, 0) is 41.5 Å². The van der Waals surface area contributed by atoms with E-state index in [2.05, 4.69) is 21.5 Å². The Balaban J connectivity index is 1.42. The number of rotatable bonds is 6. The van der Waals surface area contributed by atoms with Crippen molar-refractivity contribution in [1.82, 2.24) is 24.6 Å². The summed E-state index contributed by atoms with van der Waals surface area (Å²) in [5.41, 5.74) is 3.81. The first kappa shape index (κ1) is 16.8. The molecular weight excluding hydrogens is 338 g/mol. The summed E-state index contributed by atoms with van der Waals surface area (Å²) in [6.45, 7) is 1.15. The van der Waals surface area contributed by atoms with Crippen molar-refractivity contribution in [3.05, 3.63) is 102 Å². The Hall–Kier alpha value is -3.67. The molecule has 27 heavy (non-hydrogen) atoms. The van der Waals surface area contributed by atoms with Gasteiger partial charge in [0.25, 0.3) is 5.91 Å². The van der Waals surface area contributed by atoms with E-state index in [1.54, 1.807) is 18.7 Å². The molecule has 0 radical (unpaired) electrons. The molecule has 0 spiro atoms. The van der Waals surface area contributed by atoms with Crippen LogP contribution >= 0.6 is 0 Å². The van der Waals surface area contributed by atoms with Gasteiger partial charge < -0.3 is 9.88 Å². The van der Waals surface area contributed by atoms with Crippen LogP contribution in [0.1, 0.15) is 21.5 Å². The summed E-state index contributed by atoms with van der Waals surface area (Å²) in [4.78, 5) is 16.5. The molecule has 4 aromatic rings. The standard InChI is InChI=1S/C21H19N5O/c27-21(17-6-8-20(9-7-17)25-13-11-22-16-25)23-14-18-4-1-2-5-19(18)15-26-12-3-10-24-26/h1-13,16H,14-15H2,(H,23,27). The topological polar surface area (TPSA) is 64.7 Å². The van der Waals surface area contributed by atoms with Gasteiger partial charge in [-0.1, -0.05) is 24.3 Å². The van der Waals surface area contributed by atoms with Crippen molar-refractivity contribution < 1.29 is 4.79 Å². The summed E-state index contributed by atoms with van der Waals surface area (Å²) in [6.07, 6.45) is 9.01. The zero-order chi connectivity index (χ0) is 18.5. The Labute approximate surface area is 157 Å². The SMILES string of the molecule is O=C(NCc1ccccc1Cn1cccn1)c1ccc(-n2ccnc2)cc1. The smallest absolute Gasteiger partial charge is 0.251 e. The van der Waals surface area contributed by atoms with Crippen LogP contribution in [0.25, 0.3) is 5.69 Å². The van der Waals surface area contributed by atoms with E-state index in [1.807, 2.05) is 70.2 Å². The fourth-order valence-electron chi connectivity index (χ4n) is 2.93. The normalized spacial score (nSPS) is 10.7. The van der Waals surface area contributed by atoms with Crippen LogP contribution in [0.15, 0.2) is 85.7 Å². The van der Waals surface area contributed by atoms with Gasteiger partial charge in [0.05, 0.1) is 12.9 Å². The van der Waals surface area contributed by atoms with E-state index in [4.69, 9.17) is 0 Å². The van der Waals surface area contributed by atoms with Crippen LogP contribution < -0.4 is 5.32 Å². The molecule has 0 fully saturated rings. The third-order valence-electron chi connectivity index (χ3n) is 4.38. The first-order valence-electron chi connectivity index (χ1n) is 8.70. The molecule has 6 nitrogen and oxygen atoms in total. The first-order chi connectivity index (χ1) is 13.3. The molecule has 0 unspecified atom stereocenters. The number of benzene rings is 2. The molecular formula is C21H19N5O. The van der Waals surface area contributed by atoms with Gasteiger partial charge in [-0.25, -0.2) is 4.98 Å². The summed E-state index contributed by atoms with van der Waals surface area (Å²) in [5, 5.41) is 7.25. The Morgan fingerprint density at radius 3 is 2.44 bits per heavy atom. The molecule has 2 aromatic carbocycles. The van der Waals surface area contributed by atoms with Gasteiger partial charge in [-0.15, -0.1) is 0 Å². The minimum absolute atomic E-state index is 0.0962. The molecule has 0 aliphatic carbocycles. The molecule has 0 aliphatic rings. The Bertz CT molecular complexity index is 1010. The van der Waals surface area contributed by atoms with Crippen molar-refractivity contribution in [2.24, 2.45) is 0 Å². The predicted octanol–water partition coefficient (Wildman–Crippen LogP) is 3.05. The fourth-order valence-corrected chi connectivity index (χ4v) is 2.93. The molecule has 4 rings (SSSR count). The lowest BCUT2D eigenvalue weighted by Crippen LogP contribution is -2.23. The second kappa shape index (κ2) is 7.70. The summed E-state index contributed by atoms with van der Waals surface area (Å²) < 4.78 is 3.77. The number of aromatic nitrogens is 4. The molecule has 1 amide bonds. The Kier molecular flexibility index (Phi) is 4.78. The van der Waals surface area contributed by atoms with Crippen molar-refractivity contribution in [2.75, 3.05) is 0 Å². The van der Waals surface area contributed by atoms with Crippen molar-refractivity contribution in [1.29, 1.82) is 0 Å². The molecule has 2 heterocycles. The second-order valence-corrected chi connectivity index (χ2v) is 6.17. The van der Waals surface area contributed by atoms with Crippen LogP contribution in [-0.2, 0) is 13.1 Å². The van der Waals surface area contributed by atoms with Gasteiger partial charge in [-0.3, -0.25) is 9.48 Å². The van der Waals surface area contributed by atoms with Crippen molar-refractivity contribution >= 4 is 5.91 Å². The van der Waals surface area contributed by atoms with Gasteiger partial charge >= 0.3 is 0 Å². The van der Waals surface area contributed by atoms with Crippen molar-refractivity contribution in [3.8, 4) is 5.69 Å². The first-order valence-corrected chi connectivity index (χ1v) is 8.70. The van der Waals surface area contributed by atoms with E-state index in [1.165, 1.54) is 0 Å². The number of nitrogens with zero attached hydrogens (tertiary/aromatic N) is 4. The van der Waals surface area contributed by atoms with E-state index in [9.17, 15) is 4.79 Å². The quantitative estimate of drug-likeness (QED) is 0.577. The highest BCUT2D eigenvalue weighted by atomic mass is 16.1. The van der Waals surface area contributed by atoms with Gasteiger partial charge in [0, 0.05) is 42.6 Å². The van der Waals surface area contributed by atoms with Crippen LogP contribution in [0.4, 0.5) is 0 Å². The Morgan fingerprint density at radius 2 is 1.74 bits per heavy atom. The summed E-state index contributed by atoms with van der Waals surface area (Å²) >= 11 is 0.